The third-order valence-corrected chi connectivity index (χ3v) is 4.84. The van der Waals surface area contributed by atoms with Gasteiger partial charge in [-0.3, -0.25) is 0 Å². The fourth-order valence-corrected chi connectivity index (χ4v) is 3.33. The predicted molar refractivity (Wildman–Crippen MR) is 84.8 cm³/mol. The van der Waals surface area contributed by atoms with Crippen LogP contribution in [0.25, 0.3) is 0 Å². The maximum absolute atomic E-state index is 4.48. The van der Waals surface area contributed by atoms with E-state index in [1.54, 1.807) is 11.3 Å². The van der Waals surface area contributed by atoms with Gasteiger partial charge in [0, 0.05) is 28.6 Å². The zero-order valence-electron chi connectivity index (χ0n) is 11.6. The minimum atomic E-state index is 0.530. The Labute approximate surface area is 123 Å². The first-order valence-corrected chi connectivity index (χ1v) is 8.36. The molecule has 1 aromatic heterocycles. The lowest BCUT2D eigenvalue weighted by Gasteiger charge is -2.08. The second-order valence-corrected chi connectivity index (χ2v) is 6.84. The number of aromatic nitrogens is 1. The van der Waals surface area contributed by atoms with E-state index in [0.29, 0.717) is 6.04 Å². The molecule has 0 aliphatic rings. The number of hydrogen-bond acceptors (Lipinski definition) is 4. The molecule has 102 valence electrons. The van der Waals surface area contributed by atoms with Crippen molar-refractivity contribution in [3.05, 3.63) is 45.9 Å². The van der Waals surface area contributed by atoms with Crippen LogP contribution in [0.3, 0.4) is 0 Å². The van der Waals surface area contributed by atoms with Gasteiger partial charge in [-0.2, -0.15) is 0 Å². The summed E-state index contributed by atoms with van der Waals surface area (Å²) in [7, 11) is 0. The van der Waals surface area contributed by atoms with Crippen molar-refractivity contribution in [2.45, 2.75) is 44.0 Å². The van der Waals surface area contributed by atoms with Gasteiger partial charge in [-0.05, 0) is 24.6 Å². The molecular weight excluding hydrogens is 272 g/mol. The second-order valence-electron chi connectivity index (χ2n) is 4.85. The number of rotatable bonds is 6. The van der Waals surface area contributed by atoms with Crippen molar-refractivity contribution in [2.24, 2.45) is 0 Å². The van der Waals surface area contributed by atoms with E-state index >= 15 is 0 Å². The van der Waals surface area contributed by atoms with Gasteiger partial charge in [0.25, 0.3) is 0 Å². The summed E-state index contributed by atoms with van der Waals surface area (Å²) >= 11 is 3.59. The molecule has 0 radical (unpaired) electrons. The molecule has 1 N–H and O–H groups in total. The molecule has 1 aromatic carbocycles. The van der Waals surface area contributed by atoms with Crippen molar-refractivity contribution in [1.29, 1.82) is 0 Å². The lowest BCUT2D eigenvalue weighted by atomic mass is 10.2. The summed E-state index contributed by atoms with van der Waals surface area (Å²) in [5.41, 5.74) is 2.46. The van der Waals surface area contributed by atoms with Crippen LogP contribution in [0.4, 0.5) is 0 Å². The third-order valence-electron chi connectivity index (χ3n) is 2.67. The average Bonchev–Trinajstić information content (AvgIpc) is 2.81. The fraction of sp³-hybridized carbons (Fsp3) is 0.400. The Kier molecular flexibility index (Phi) is 5.43. The Balaban J connectivity index is 1.84. The van der Waals surface area contributed by atoms with E-state index in [1.807, 2.05) is 18.7 Å². The Morgan fingerprint density at radius 2 is 2.00 bits per heavy atom. The van der Waals surface area contributed by atoms with Gasteiger partial charge in [0.1, 0.15) is 5.01 Å². The number of benzene rings is 1. The van der Waals surface area contributed by atoms with Crippen molar-refractivity contribution in [3.8, 4) is 0 Å². The Hall–Kier alpha value is -0.840. The highest BCUT2D eigenvalue weighted by molar-refractivity contribution is 7.98. The first kappa shape index (κ1) is 14.6. The van der Waals surface area contributed by atoms with Crippen LogP contribution in [0.15, 0.2) is 34.5 Å². The summed E-state index contributed by atoms with van der Waals surface area (Å²) in [6.45, 7) is 7.32. The van der Waals surface area contributed by atoms with Gasteiger partial charge in [-0.1, -0.05) is 26.0 Å². The van der Waals surface area contributed by atoms with Crippen LogP contribution in [-0.4, -0.2) is 11.0 Å². The molecule has 0 saturated heterocycles. The molecule has 0 fully saturated rings. The van der Waals surface area contributed by atoms with Crippen LogP contribution in [0.2, 0.25) is 0 Å². The van der Waals surface area contributed by atoms with Crippen LogP contribution in [-0.2, 0) is 12.3 Å². The molecule has 0 saturated carbocycles. The van der Waals surface area contributed by atoms with Crippen LogP contribution >= 0.6 is 23.1 Å². The van der Waals surface area contributed by atoms with E-state index in [2.05, 4.69) is 53.8 Å². The molecule has 19 heavy (non-hydrogen) atoms. The van der Waals surface area contributed by atoms with Gasteiger partial charge >= 0.3 is 0 Å². The predicted octanol–water partition coefficient (Wildman–Crippen LogP) is 4.24. The van der Waals surface area contributed by atoms with E-state index in [1.165, 1.54) is 15.5 Å². The minimum Gasteiger partial charge on any atom is -0.310 e. The Bertz CT molecular complexity index is 503. The van der Waals surface area contributed by atoms with Crippen LogP contribution in [0, 0.1) is 6.92 Å². The summed E-state index contributed by atoms with van der Waals surface area (Å²) in [6, 6.07) is 9.32. The van der Waals surface area contributed by atoms with Crippen molar-refractivity contribution >= 4 is 23.1 Å². The number of aryl methyl sites for hydroxylation is 1. The average molecular weight is 292 g/mol. The molecule has 2 aromatic rings. The largest absolute Gasteiger partial charge is 0.310 e. The van der Waals surface area contributed by atoms with Crippen molar-refractivity contribution in [1.82, 2.24) is 10.3 Å². The standard InChI is InChI=1S/C15H20N2S2/c1-11(2)16-8-13-4-6-14(7-5-13)18-10-15-17-12(3)9-19-15/h4-7,9,11,16H,8,10H2,1-3H3. The van der Waals surface area contributed by atoms with E-state index in [4.69, 9.17) is 0 Å². The van der Waals surface area contributed by atoms with Gasteiger partial charge in [0.15, 0.2) is 0 Å². The van der Waals surface area contributed by atoms with Gasteiger partial charge in [0.05, 0.1) is 5.75 Å². The smallest absolute Gasteiger partial charge is 0.103 e. The molecule has 0 atom stereocenters. The van der Waals surface area contributed by atoms with Gasteiger partial charge in [0.2, 0.25) is 0 Å². The number of hydrogen-bond donors (Lipinski definition) is 1. The first-order chi connectivity index (χ1) is 9.13. The summed E-state index contributed by atoms with van der Waals surface area (Å²) in [6.07, 6.45) is 0. The summed E-state index contributed by atoms with van der Waals surface area (Å²) < 4.78 is 0. The highest BCUT2D eigenvalue weighted by atomic mass is 32.2. The first-order valence-electron chi connectivity index (χ1n) is 6.49. The fourth-order valence-electron chi connectivity index (χ4n) is 1.64. The zero-order chi connectivity index (χ0) is 13.7. The molecule has 0 amide bonds. The lowest BCUT2D eigenvalue weighted by molar-refractivity contribution is 0.588. The number of nitrogens with zero attached hydrogens (tertiary/aromatic N) is 1. The number of thiazole rings is 1. The van der Waals surface area contributed by atoms with Gasteiger partial charge in [-0.25, -0.2) is 4.98 Å². The molecule has 0 bridgehead atoms. The van der Waals surface area contributed by atoms with Crippen molar-refractivity contribution in [2.75, 3.05) is 0 Å². The van der Waals surface area contributed by atoms with E-state index < -0.39 is 0 Å². The second kappa shape index (κ2) is 7.08. The maximum Gasteiger partial charge on any atom is 0.103 e. The van der Waals surface area contributed by atoms with Crippen LogP contribution < -0.4 is 5.32 Å². The quantitative estimate of drug-likeness (QED) is 0.806. The Morgan fingerprint density at radius 1 is 1.26 bits per heavy atom. The van der Waals surface area contributed by atoms with Crippen LogP contribution in [0.5, 0.6) is 0 Å². The van der Waals surface area contributed by atoms with Crippen molar-refractivity contribution < 1.29 is 0 Å². The third kappa shape index (κ3) is 4.97. The molecule has 2 nitrogen and oxygen atoms in total. The number of thioether (sulfide) groups is 1. The lowest BCUT2D eigenvalue weighted by Crippen LogP contribution is -2.21. The SMILES string of the molecule is Cc1csc(CSc2ccc(CNC(C)C)cc2)n1. The highest BCUT2D eigenvalue weighted by Gasteiger charge is 2.01. The summed E-state index contributed by atoms with van der Waals surface area (Å²) in [4.78, 5) is 5.79. The topological polar surface area (TPSA) is 24.9 Å². The zero-order valence-corrected chi connectivity index (χ0v) is 13.3. The minimum absolute atomic E-state index is 0.530. The molecule has 2 rings (SSSR count). The van der Waals surface area contributed by atoms with E-state index in [-0.39, 0.29) is 0 Å². The Morgan fingerprint density at radius 3 is 2.58 bits per heavy atom. The molecular formula is C15H20N2S2. The van der Waals surface area contributed by atoms with Crippen LogP contribution in [0.1, 0.15) is 30.1 Å². The van der Waals surface area contributed by atoms with Gasteiger partial charge < -0.3 is 5.32 Å². The molecule has 1 heterocycles. The molecule has 4 heteroatoms. The normalized spacial score (nSPS) is 11.2. The molecule has 0 unspecified atom stereocenters. The summed E-state index contributed by atoms with van der Waals surface area (Å²) in [5, 5.41) is 6.74. The van der Waals surface area contributed by atoms with Gasteiger partial charge in [-0.15, -0.1) is 23.1 Å². The molecule has 0 aliphatic carbocycles. The van der Waals surface area contributed by atoms with E-state index in [0.717, 1.165) is 18.0 Å². The monoisotopic (exact) mass is 292 g/mol. The van der Waals surface area contributed by atoms with E-state index in [9.17, 15) is 0 Å². The molecule has 0 aliphatic heterocycles. The van der Waals surface area contributed by atoms with Crippen molar-refractivity contribution in [3.63, 3.8) is 0 Å². The number of nitrogens with one attached hydrogen (secondary N) is 1. The summed E-state index contributed by atoms with van der Waals surface area (Å²) in [5.74, 6) is 0.960. The molecule has 0 spiro atoms. The maximum atomic E-state index is 4.48. The highest BCUT2D eigenvalue weighted by Crippen LogP contribution is 2.24.